The van der Waals surface area contributed by atoms with Gasteiger partial charge in [0.2, 0.25) is 0 Å². The molecule has 0 aliphatic carbocycles. The van der Waals surface area contributed by atoms with Crippen LogP contribution in [0.2, 0.25) is 0 Å². The van der Waals surface area contributed by atoms with Crippen LogP contribution in [0.3, 0.4) is 0 Å². The minimum atomic E-state index is -6.11. The van der Waals surface area contributed by atoms with Crippen molar-refractivity contribution in [1.29, 1.82) is 0 Å². The number of unbranched alkanes of at least 4 members (excludes halogenated alkanes) is 3. The lowest BCUT2D eigenvalue weighted by atomic mass is 10.2. The van der Waals surface area contributed by atoms with Crippen LogP contribution in [0.25, 0.3) is 0 Å². The molecule has 0 saturated carbocycles. The zero-order chi connectivity index (χ0) is 25.5. The molecule has 1 fully saturated rings. The third-order valence-electron chi connectivity index (χ3n) is 2.40. The summed E-state index contributed by atoms with van der Waals surface area (Å²) >= 11 is 0. The van der Waals surface area contributed by atoms with Gasteiger partial charge in [-0.15, -0.1) is 0 Å². The largest absolute Gasteiger partial charge is 0.490 e. The van der Waals surface area contributed by atoms with Crippen molar-refractivity contribution in [2.24, 2.45) is 11.5 Å². The third kappa shape index (κ3) is 15.7. The lowest BCUT2D eigenvalue weighted by Gasteiger charge is -2.23. The van der Waals surface area contributed by atoms with Gasteiger partial charge in [-0.2, -0.15) is 25.9 Å². The van der Waals surface area contributed by atoms with Crippen LogP contribution in [0.4, 0.5) is 0 Å². The molecule has 1 heterocycles. The van der Waals surface area contributed by atoms with Crippen LogP contribution in [0.1, 0.15) is 25.7 Å². The van der Waals surface area contributed by atoms with Crippen LogP contribution in [0.15, 0.2) is 0 Å². The maximum Gasteiger partial charge on any atom is 0.490 e. The first-order valence-electron chi connectivity index (χ1n) is 7.80. The highest BCUT2D eigenvalue weighted by atomic mass is 31.3. The lowest BCUT2D eigenvalue weighted by Crippen LogP contribution is -2.02. The Kier molecular flexibility index (Phi) is 13.0. The number of hydrogen-bond donors (Lipinski definition) is 8. The molecule has 0 radical (unpaired) electrons. The second kappa shape index (κ2) is 12.7. The van der Waals surface area contributed by atoms with E-state index in [0.717, 1.165) is 25.9 Å². The molecule has 0 bridgehead atoms. The van der Waals surface area contributed by atoms with Gasteiger partial charge in [0.15, 0.2) is 0 Å². The minimum absolute atomic E-state index is 0.824. The number of hydrogen-bond acceptors (Lipinski definition) is 14. The van der Waals surface area contributed by atoms with Crippen LogP contribution < -0.4 is 11.5 Å². The van der Waals surface area contributed by atoms with Crippen molar-refractivity contribution in [1.82, 2.24) is 0 Å². The molecule has 0 amide bonds. The molecule has 194 valence electrons. The van der Waals surface area contributed by atoms with E-state index in [2.05, 4.69) is 25.9 Å². The highest BCUT2D eigenvalue weighted by Crippen LogP contribution is 2.79. The summed E-state index contributed by atoms with van der Waals surface area (Å²) in [6.07, 6.45) is 4.79. The summed E-state index contributed by atoms with van der Waals surface area (Å²) < 4.78 is 86.9. The fourth-order valence-corrected chi connectivity index (χ4v) is 10.1. The van der Waals surface area contributed by atoms with E-state index in [9.17, 15) is 27.4 Å². The molecular weight excluding hydrogens is 574 g/mol. The third-order valence-corrected chi connectivity index (χ3v) is 12.3. The molecule has 0 unspecified atom stereocenters. The fraction of sp³-hybridized carbons (Fsp3) is 1.00. The molecule has 0 spiro atoms. The Morgan fingerprint density at radius 1 is 0.406 bits per heavy atom. The Morgan fingerprint density at radius 2 is 0.562 bits per heavy atom. The van der Waals surface area contributed by atoms with Crippen LogP contribution in [-0.4, -0.2) is 42.4 Å². The molecule has 0 aromatic carbocycles. The molecule has 20 nitrogen and oxygen atoms in total. The Hall–Kier alpha value is 0.820. The minimum Gasteiger partial charge on any atom is -0.330 e. The average molecular weight is 596 g/mol. The maximum atomic E-state index is 11.2. The van der Waals surface area contributed by atoms with Crippen LogP contribution >= 0.6 is 46.9 Å². The highest BCUT2D eigenvalue weighted by Gasteiger charge is 2.53. The Balaban J connectivity index is 0.00000102. The summed E-state index contributed by atoms with van der Waals surface area (Å²) in [5, 5.41) is 0. The second-order valence-corrected chi connectivity index (χ2v) is 14.8. The zero-order valence-corrected chi connectivity index (χ0v) is 21.0. The Morgan fingerprint density at radius 3 is 0.688 bits per heavy atom. The smallest absolute Gasteiger partial charge is 0.330 e. The van der Waals surface area contributed by atoms with E-state index >= 15 is 0 Å². The van der Waals surface area contributed by atoms with Crippen molar-refractivity contribution in [2.75, 3.05) is 13.1 Å². The van der Waals surface area contributed by atoms with Crippen molar-refractivity contribution < 1.29 is 82.6 Å². The SMILES string of the molecule is NCCCCCCN.O=P1(O)OP(=O)(O)OP(=O)(O)OP(=O)(O)OP(=O)(O)OP(=O)(O)O1. The number of phosphoric acid groups is 6. The quantitative estimate of drug-likeness (QED) is 0.163. The molecular formula is C6H22N2O18P6. The molecule has 0 aromatic heterocycles. The van der Waals surface area contributed by atoms with E-state index < -0.39 is 46.9 Å². The molecule has 0 aromatic rings. The molecule has 26 heteroatoms. The molecule has 0 atom stereocenters. The van der Waals surface area contributed by atoms with Crippen LogP contribution in [0.5, 0.6) is 0 Å². The Labute approximate surface area is 180 Å². The van der Waals surface area contributed by atoms with E-state index in [0.29, 0.717) is 0 Å². The summed E-state index contributed by atoms with van der Waals surface area (Å²) in [5.41, 5.74) is 10.6. The normalized spacial score (nSPS) is 43.9. The lowest BCUT2D eigenvalue weighted by molar-refractivity contribution is 0.168. The topological polar surface area (TPSA) is 331 Å². The molecule has 1 rings (SSSR count). The van der Waals surface area contributed by atoms with E-state index in [-0.39, 0.29) is 0 Å². The van der Waals surface area contributed by atoms with Crippen molar-refractivity contribution in [3.63, 3.8) is 0 Å². The molecule has 10 N–H and O–H groups in total. The van der Waals surface area contributed by atoms with Crippen molar-refractivity contribution >= 4 is 46.9 Å². The molecule has 1 aliphatic heterocycles. The van der Waals surface area contributed by atoms with Gasteiger partial charge in [0.25, 0.3) is 0 Å². The number of nitrogens with two attached hydrogens (primary N) is 2. The van der Waals surface area contributed by atoms with Gasteiger partial charge in [0.05, 0.1) is 0 Å². The van der Waals surface area contributed by atoms with Crippen molar-refractivity contribution in [3.8, 4) is 0 Å². The van der Waals surface area contributed by atoms with E-state index in [1.807, 2.05) is 0 Å². The maximum absolute atomic E-state index is 11.2. The summed E-state index contributed by atoms with van der Waals surface area (Å²) in [7, 11) is -36.7. The Bertz CT molecular complexity index is 692. The highest BCUT2D eigenvalue weighted by molar-refractivity contribution is 7.75. The standard InChI is InChI=1S/C6H16N2.H6O18P6/c7-5-3-1-2-4-6-8;1-19(2)13-20(3,4)15-22(7,8)17-24(11,12)18-23(9,10)16-21(5,6)14-19/h1-8H2;(H,1,2)(H,3,4)(H,5,6)(H,7,8)(H,9,10)(H,11,12). The van der Waals surface area contributed by atoms with Crippen LogP contribution in [0, 0.1) is 0 Å². The van der Waals surface area contributed by atoms with E-state index in [1.54, 1.807) is 0 Å². The summed E-state index contributed by atoms with van der Waals surface area (Å²) in [4.78, 5) is 53.6. The van der Waals surface area contributed by atoms with Gasteiger partial charge < -0.3 is 40.8 Å². The van der Waals surface area contributed by atoms with Gasteiger partial charge >= 0.3 is 46.9 Å². The molecule has 32 heavy (non-hydrogen) atoms. The van der Waals surface area contributed by atoms with Gasteiger partial charge in [-0.1, -0.05) is 12.8 Å². The predicted molar refractivity (Wildman–Crippen MR) is 102 cm³/mol. The van der Waals surface area contributed by atoms with Crippen molar-refractivity contribution in [3.05, 3.63) is 0 Å². The molecule has 1 aliphatic rings. The van der Waals surface area contributed by atoms with Gasteiger partial charge in [0.1, 0.15) is 0 Å². The monoisotopic (exact) mass is 596 g/mol. The van der Waals surface area contributed by atoms with Gasteiger partial charge in [-0.3, -0.25) is 0 Å². The first-order chi connectivity index (χ1) is 14.2. The predicted octanol–water partition coefficient (Wildman–Crippen LogP) is 1.17. The van der Waals surface area contributed by atoms with Gasteiger partial charge in [-0.25, -0.2) is 27.4 Å². The summed E-state index contributed by atoms with van der Waals surface area (Å²) in [5.74, 6) is 0. The molecule has 1 saturated heterocycles. The van der Waals surface area contributed by atoms with E-state index in [4.69, 9.17) is 40.8 Å². The average Bonchev–Trinajstić information content (AvgIpc) is 2.43. The number of rotatable bonds is 5. The van der Waals surface area contributed by atoms with Gasteiger partial charge in [0, 0.05) is 0 Å². The first-order valence-corrected chi connectivity index (χ1v) is 16.8. The van der Waals surface area contributed by atoms with Crippen LogP contribution in [-0.2, 0) is 53.3 Å². The zero-order valence-electron chi connectivity index (χ0n) is 15.7. The summed E-state index contributed by atoms with van der Waals surface area (Å²) in [6.45, 7) is 1.65. The fourth-order valence-electron chi connectivity index (χ4n) is 1.51. The van der Waals surface area contributed by atoms with Crippen molar-refractivity contribution in [2.45, 2.75) is 25.7 Å². The first kappa shape index (κ1) is 32.8. The second-order valence-electron chi connectivity index (χ2n) is 5.29. The summed E-state index contributed by atoms with van der Waals surface area (Å²) in [6, 6.07) is 0. The van der Waals surface area contributed by atoms with E-state index in [1.165, 1.54) is 12.8 Å². The van der Waals surface area contributed by atoms with Gasteiger partial charge in [-0.05, 0) is 25.9 Å².